The quantitative estimate of drug-likeness (QED) is 0.406. The predicted octanol–water partition coefficient (Wildman–Crippen LogP) is 5.66. The molecule has 1 amide bonds. The van der Waals surface area contributed by atoms with Gasteiger partial charge in [-0.1, -0.05) is 38.4 Å². The molecule has 4 fully saturated rings. The zero-order valence-corrected chi connectivity index (χ0v) is 22.8. The Bertz CT molecular complexity index is 972. The Hall–Kier alpha value is -1.14. The first-order valence-electron chi connectivity index (χ1n) is 14.1. The first-order chi connectivity index (χ1) is 17.0. The molecule has 0 spiro atoms. The minimum atomic E-state index is -0.395. The van der Waals surface area contributed by atoms with Crippen LogP contribution in [0.4, 0.5) is 5.69 Å². The topological polar surface area (TPSA) is 89.8 Å². The minimum absolute atomic E-state index is 0.00534. The fraction of sp³-hybridized carbons (Fsp3) is 0.767. The fourth-order valence-electron chi connectivity index (χ4n) is 9.48. The van der Waals surface area contributed by atoms with Crippen LogP contribution in [-0.4, -0.2) is 39.5 Å². The van der Waals surface area contributed by atoms with Crippen molar-refractivity contribution >= 4 is 23.2 Å². The molecule has 11 atom stereocenters. The highest BCUT2D eigenvalue weighted by atomic mass is 35.5. The molecule has 36 heavy (non-hydrogen) atoms. The first-order valence-corrected chi connectivity index (χ1v) is 14.5. The normalized spacial score (nSPS) is 44.8. The fourth-order valence-corrected chi connectivity index (χ4v) is 9.67. The second-order valence-corrected chi connectivity index (χ2v) is 13.5. The first kappa shape index (κ1) is 26.5. The van der Waals surface area contributed by atoms with Crippen LogP contribution in [-0.2, 0) is 4.79 Å². The second-order valence-electron chi connectivity index (χ2n) is 13.1. The molecule has 4 aliphatic carbocycles. The number of aliphatic hydroxyl groups excluding tert-OH is 3. The zero-order valence-electron chi connectivity index (χ0n) is 22.0. The maximum absolute atomic E-state index is 12.6. The summed E-state index contributed by atoms with van der Waals surface area (Å²) in [5.41, 5.74) is 0.575. The van der Waals surface area contributed by atoms with Gasteiger partial charge in [0.25, 0.3) is 0 Å². The van der Waals surface area contributed by atoms with Gasteiger partial charge in [-0.25, -0.2) is 0 Å². The van der Waals surface area contributed by atoms with Crippen LogP contribution in [0.15, 0.2) is 24.3 Å². The number of benzene rings is 1. The van der Waals surface area contributed by atoms with Crippen molar-refractivity contribution in [3.8, 4) is 0 Å². The standard InChI is InChI=1S/C30H44ClNO4/c1-17(7-10-27(36)32-20-6-4-5-19(31)15-20)22-8-9-23-28-24(16-26(35)30(22,23)3)29(2)12-11-21(33)13-18(29)14-25(28)34/h4-6,15,17-18,21-26,28,33-35H,7-14,16H2,1-3H3,(H,32,36)/t17-,18+,21-,22-,23+,24+,25-,26+,28+,29+,30-/m1/s1. The molecule has 0 radical (unpaired) electrons. The van der Waals surface area contributed by atoms with Crippen molar-refractivity contribution in [1.82, 2.24) is 0 Å². The number of amides is 1. The van der Waals surface area contributed by atoms with Gasteiger partial charge in [-0.15, -0.1) is 0 Å². The molecule has 0 unspecified atom stereocenters. The average Bonchev–Trinajstić information content (AvgIpc) is 3.18. The Morgan fingerprint density at radius 3 is 2.64 bits per heavy atom. The third-order valence-corrected chi connectivity index (χ3v) is 11.7. The van der Waals surface area contributed by atoms with E-state index in [4.69, 9.17) is 11.6 Å². The highest BCUT2D eigenvalue weighted by Gasteiger charge is 2.65. The van der Waals surface area contributed by atoms with Crippen LogP contribution >= 0.6 is 11.6 Å². The molecule has 0 heterocycles. The van der Waals surface area contributed by atoms with Crippen molar-refractivity contribution in [2.45, 2.75) is 96.9 Å². The van der Waals surface area contributed by atoms with Gasteiger partial charge in [0.2, 0.25) is 5.91 Å². The van der Waals surface area contributed by atoms with Crippen LogP contribution in [0.1, 0.15) is 78.6 Å². The lowest BCUT2D eigenvalue weighted by atomic mass is 9.43. The number of anilines is 1. The van der Waals surface area contributed by atoms with Gasteiger partial charge < -0.3 is 20.6 Å². The average molecular weight is 518 g/mol. The molecule has 4 aliphatic rings. The van der Waals surface area contributed by atoms with Crippen LogP contribution in [0.5, 0.6) is 0 Å². The molecular weight excluding hydrogens is 474 g/mol. The number of nitrogens with one attached hydrogen (secondary N) is 1. The monoisotopic (exact) mass is 517 g/mol. The van der Waals surface area contributed by atoms with Crippen LogP contribution in [0.25, 0.3) is 0 Å². The van der Waals surface area contributed by atoms with E-state index >= 15 is 0 Å². The third kappa shape index (κ3) is 4.42. The molecule has 0 aromatic heterocycles. The second kappa shape index (κ2) is 9.87. The lowest BCUT2D eigenvalue weighted by molar-refractivity contribution is -0.207. The molecule has 5 rings (SSSR count). The van der Waals surface area contributed by atoms with Crippen molar-refractivity contribution in [2.75, 3.05) is 5.32 Å². The summed E-state index contributed by atoms with van der Waals surface area (Å²) in [6, 6.07) is 7.22. The summed E-state index contributed by atoms with van der Waals surface area (Å²) in [6.45, 7) is 6.88. The van der Waals surface area contributed by atoms with E-state index in [2.05, 4.69) is 26.1 Å². The number of carbonyl (C=O) groups is 1. The van der Waals surface area contributed by atoms with Gasteiger partial charge in [0.1, 0.15) is 0 Å². The van der Waals surface area contributed by atoms with Crippen LogP contribution < -0.4 is 5.32 Å². The SMILES string of the molecule is C[C@H](CCC(=O)Nc1cccc(Cl)c1)[C@H]1CC[C@H]2[C@@H]3[C@H](O)C[C@@H]4C[C@H](O)CC[C@]4(C)[C@H]3C[C@H](O)[C@]12C. The molecule has 0 saturated heterocycles. The van der Waals surface area contributed by atoms with E-state index in [-0.39, 0.29) is 34.9 Å². The van der Waals surface area contributed by atoms with Gasteiger partial charge in [0, 0.05) is 17.1 Å². The van der Waals surface area contributed by atoms with Crippen LogP contribution in [0.3, 0.4) is 0 Å². The van der Waals surface area contributed by atoms with E-state index in [9.17, 15) is 20.1 Å². The molecule has 5 nitrogen and oxygen atoms in total. The van der Waals surface area contributed by atoms with Crippen LogP contribution in [0, 0.1) is 46.3 Å². The third-order valence-electron chi connectivity index (χ3n) is 11.5. The van der Waals surface area contributed by atoms with E-state index in [0.717, 1.165) is 57.1 Å². The molecule has 0 aliphatic heterocycles. The number of fused-ring (bicyclic) bond motifs is 5. The van der Waals surface area contributed by atoms with E-state index in [1.807, 2.05) is 12.1 Å². The number of hydrogen-bond donors (Lipinski definition) is 4. The Morgan fingerprint density at radius 2 is 1.89 bits per heavy atom. The predicted molar refractivity (Wildman–Crippen MR) is 142 cm³/mol. The Kier molecular flexibility index (Phi) is 7.26. The Morgan fingerprint density at radius 1 is 1.11 bits per heavy atom. The summed E-state index contributed by atoms with van der Waals surface area (Å²) in [5.74, 6) is 1.81. The lowest BCUT2D eigenvalue weighted by Gasteiger charge is -2.63. The molecule has 1 aromatic carbocycles. The van der Waals surface area contributed by atoms with Gasteiger partial charge in [-0.2, -0.15) is 0 Å². The van der Waals surface area contributed by atoms with Crippen molar-refractivity contribution in [3.63, 3.8) is 0 Å². The number of halogens is 1. The molecule has 6 heteroatoms. The van der Waals surface area contributed by atoms with Crippen molar-refractivity contribution in [1.29, 1.82) is 0 Å². The molecule has 4 saturated carbocycles. The van der Waals surface area contributed by atoms with Crippen LogP contribution in [0.2, 0.25) is 5.02 Å². The number of carbonyl (C=O) groups excluding carboxylic acids is 1. The number of hydrogen-bond acceptors (Lipinski definition) is 4. The molecular formula is C30H44ClNO4. The van der Waals surface area contributed by atoms with E-state index in [0.29, 0.717) is 41.0 Å². The Balaban J connectivity index is 1.28. The lowest BCUT2D eigenvalue weighted by Crippen LogP contribution is -2.62. The minimum Gasteiger partial charge on any atom is -0.393 e. The summed E-state index contributed by atoms with van der Waals surface area (Å²) in [4.78, 5) is 12.6. The number of aliphatic hydroxyl groups is 3. The van der Waals surface area contributed by atoms with E-state index in [1.54, 1.807) is 12.1 Å². The largest absolute Gasteiger partial charge is 0.393 e. The van der Waals surface area contributed by atoms with E-state index < -0.39 is 6.10 Å². The van der Waals surface area contributed by atoms with Gasteiger partial charge in [-0.3, -0.25) is 4.79 Å². The molecule has 1 aromatic rings. The van der Waals surface area contributed by atoms with Gasteiger partial charge in [-0.05, 0) is 116 Å². The zero-order chi connectivity index (χ0) is 25.8. The maximum atomic E-state index is 12.6. The summed E-state index contributed by atoms with van der Waals surface area (Å²) in [7, 11) is 0. The van der Waals surface area contributed by atoms with Crippen molar-refractivity contribution < 1.29 is 20.1 Å². The summed E-state index contributed by atoms with van der Waals surface area (Å²) < 4.78 is 0. The number of rotatable bonds is 5. The highest BCUT2D eigenvalue weighted by Crippen LogP contribution is 2.68. The maximum Gasteiger partial charge on any atom is 0.224 e. The summed E-state index contributed by atoms with van der Waals surface area (Å²) in [6.07, 6.45) is 6.44. The molecule has 0 bridgehead atoms. The van der Waals surface area contributed by atoms with Gasteiger partial charge in [0.15, 0.2) is 0 Å². The molecule has 4 N–H and O–H groups in total. The van der Waals surface area contributed by atoms with Crippen molar-refractivity contribution in [3.05, 3.63) is 29.3 Å². The molecule has 200 valence electrons. The van der Waals surface area contributed by atoms with Gasteiger partial charge in [0.05, 0.1) is 18.3 Å². The highest BCUT2D eigenvalue weighted by molar-refractivity contribution is 6.30. The smallest absolute Gasteiger partial charge is 0.224 e. The van der Waals surface area contributed by atoms with E-state index in [1.165, 1.54) is 0 Å². The Labute approximate surface area is 221 Å². The van der Waals surface area contributed by atoms with Crippen molar-refractivity contribution in [2.24, 2.45) is 46.3 Å². The summed E-state index contributed by atoms with van der Waals surface area (Å²) in [5, 5.41) is 37.0. The van der Waals surface area contributed by atoms with Gasteiger partial charge >= 0.3 is 0 Å². The summed E-state index contributed by atoms with van der Waals surface area (Å²) >= 11 is 6.04.